The van der Waals surface area contributed by atoms with Gasteiger partial charge in [-0.3, -0.25) is 0 Å². The van der Waals surface area contributed by atoms with Crippen LogP contribution in [0.2, 0.25) is 0 Å². The van der Waals surface area contributed by atoms with Gasteiger partial charge in [-0.2, -0.15) is 4.98 Å². The fourth-order valence-corrected chi connectivity index (χ4v) is 2.16. The Kier molecular flexibility index (Phi) is 6.15. The molecule has 5 heteroatoms. The summed E-state index contributed by atoms with van der Waals surface area (Å²) in [6, 6.07) is 12.4. The van der Waals surface area contributed by atoms with E-state index in [-0.39, 0.29) is 0 Å². The number of nitrogens with one attached hydrogen (secondary N) is 1. The first-order valence-corrected chi connectivity index (χ1v) is 7.69. The van der Waals surface area contributed by atoms with Crippen LogP contribution in [0.15, 0.2) is 42.6 Å². The van der Waals surface area contributed by atoms with Crippen molar-refractivity contribution >= 4 is 11.8 Å². The standard InChI is InChI=1S/C17H25N5/c1-4-22(14-15-8-6-5-7-9-15)16-10-11-18-17(20-16)19-12-13-21(2)3/h5-11H,4,12-14H2,1-3H3,(H,18,19,20). The Morgan fingerprint density at radius 1 is 1.09 bits per heavy atom. The highest BCUT2D eigenvalue weighted by atomic mass is 15.2. The Balaban J connectivity index is 2.02. The average Bonchev–Trinajstić information content (AvgIpc) is 2.53. The van der Waals surface area contributed by atoms with Crippen molar-refractivity contribution in [2.24, 2.45) is 0 Å². The van der Waals surface area contributed by atoms with Crippen LogP contribution in [0.3, 0.4) is 0 Å². The maximum Gasteiger partial charge on any atom is 0.224 e. The van der Waals surface area contributed by atoms with Gasteiger partial charge in [-0.25, -0.2) is 4.98 Å². The Labute approximate surface area is 133 Å². The van der Waals surface area contributed by atoms with E-state index in [4.69, 9.17) is 0 Å². The summed E-state index contributed by atoms with van der Waals surface area (Å²) in [4.78, 5) is 13.3. The van der Waals surface area contributed by atoms with Crippen LogP contribution >= 0.6 is 0 Å². The second-order valence-electron chi connectivity index (χ2n) is 5.47. The van der Waals surface area contributed by atoms with Crippen molar-refractivity contribution in [1.29, 1.82) is 0 Å². The fraction of sp³-hybridized carbons (Fsp3) is 0.412. The topological polar surface area (TPSA) is 44.3 Å². The minimum atomic E-state index is 0.686. The lowest BCUT2D eigenvalue weighted by Crippen LogP contribution is -2.24. The molecule has 2 rings (SSSR count). The molecule has 0 aliphatic heterocycles. The van der Waals surface area contributed by atoms with Gasteiger partial charge in [0.1, 0.15) is 5.82 Å². The molecule has 0 spiro atoms. The zero-order valence-corrected chi connectivity index (χ0v) is 13.7. The summed E-state index contributed by atoms with van der Waals surface area (Å²) in [6.07, 6.45) is 1.81. The van der Waals surface area contributed by atoms with E-state index in [0.29, 0.717) is 5.95 Å². The molecule has 0 saturated carbocycles. The van der Waals surface area contributed by atoms with Gasteiger partial charge in [-0.05, 0) is 32.6 Å². The molecule has 0 aliphatic carbocycles. The van der Waals surface area contributed by atoms with Crippen LogP contribution in [0.1, 0.15) is 12.5 Å². The predicted octanol–water partition coefficient (Wildman–Crippen LogP) is 2.48. The Morgan fingerprint density at radius 2 is 1.86 bits per heavy atom. The molecule has 0 saturated heterocycles. The van der Waals surface area contributed by atoms with Gasteiger partial charge in [-0.1, -0.05) is 30.3 Å². The smallest absolute Gasteiger partial charge is 0.224 e. The molecule has 5 nitrogen and oxygen atoms in total. The molecule has 0 amide bonds. The van der Waals surface area contributed by atoms with Gasteiger partial charge in [-0.15, -0.1) is 0 Å². The number of nitrogens with zero attached hydrogens (tertiary/aromatic N) is 4. The van der Waals surface area contributed by atoms with Crippen LogP contribution in [0, 0.1) is 0 Å². The zero-order valence-electron chi connectivity index (χ0n) is 13.7. The van der Waals surface area contributed by atoms with Crippen molar-refractivity contribution in [1.82, 2.24) is 14.9 Å². The fourth-order valence-electron chi connectivity index (χ4n) is 2.16. The molecular formula is C17H25N5. The van der Waals surface area contributed by atoms with Gasteiger partial charge < -0.3 is 15.1 Å². The van der Waals surface area contributed by atoms with Crippen LogP contribution in [0.4, 0.5) is 11.8 Å². The van der Waals surface area contributed by atoms with Crippen molar-refractivity contribution in [3.63, 3.8) is 0 Å². The van der Waals surface area contributed by atoms with Crippen LogP contribution < -0.4 is 10.2 Å². The SMILES string of the molecule is CCN(Cc1ccccc1)c1ccnc(NCCN(C)C)n1. The number of likely N-dealkylation sites (N-methyl/N-ethyl adjacent to an activating group) is 1. The molecule has 2 aromatic rings. The summed E-state index contributed by atoms with van der Waals surface area (Å²) in [5.74, 6) is 1.64. The summed E-state index contributed by atoms with van der Waals surface area (Å²) in [7, 11) is 4.11. The largest absolute Gasteiger partial charge is 0.353 e. The van der Waals surface area contributed by atoms with E-state index in [2.05, 4.69) is 70.4 Å². The summed E-state index contributed by atoms with van der Waals surface area (Å²) in [6.45, 7) is 5.69. The van der Waals surface area contributed by atoms with E-state index >= 15 is 0 Å². The highest BCUT2D eigenvalue weighted by Crippen LogP contribution is 2.15. The third kappa shape index (κ3) is 5.00. The molecule has 1 aromatic heterocycles. The molecular weight excluding hydrogens is 274 g/mol. The Morgan fingerprint density at radius 3 is 2.55 bits per heavy atom. The van der Waals surface area contributed by atoms with E-state index in [1.807, 2.05) is 18.3 Å². The van der Waals surface area contributed by atoms with Gasteiger partial charge in [0.2, 0.25) is 5.95 Å². The van der Waals surface area contributed by atoms with Crippen LogP contribution in [-0.2, 0) is 6.54 Å². The van der Waals surface area contributed by atoms with E-state index in [0.717, 1.165) is 32.0 Å². The number of hydrogen-bond donors (Lipinski definition) is 1. The molecule has 118 valence electrons. The molecule has 22 heavy (non-hydrogen) atoms. The second kappa shape index (κ2) is 8.34. The normalized spacial score (nSPS) is 10.7. The van der Waals surface area contributed by atoms with Gasteiger partial charge in [0.15, 0.2) is 0 Å². The number of benzene rings is 1. The Hall–Kier alpha value is -2.14. The van der Waals surface area contributed by atoms with Gasteiger partial charge in [0, 0.05) is 32.4 Å². The molecule has 1 aromatic carbocycles. The van der Waals surface area contributed by atoms with E-state index < -0.39 is 0 Å². The van der Waals surface area contributed by atoms with Gasteiger partial charge in [0.25, 0.3) is 0 Å². The lowest BCUT2D eigenvalue weighted by Gasteiger charge is -2.22. The quantitative estimate of drug-likeness (QED) is 0.811. The summed E-state index contributed by atoms with van der Waals surface area (Å²) >= 11 is 0. The van der Waals surface area contributed by atoms with Gasteiger partial charge in [0.05, 0.1) is 0 Å². The molecule has 1 heterocycles. The highest BCUT2D eigenvalue weighted by Gasteiger charge is 2.08. The van der Waals surface area contributed by atoms with Crippen LogP contribution in [0.5, 0.6) is 0 Å². The van der Waals surface area contributed by atoms with Crippen molar-refractivity contribution in [2.45, 2.75) is 13.5 Å². The summed E-state index contributed by atoms with van der Waals surface area (Å²) in [5.41, 5.74) is 1.28. The Bertz CT molecular complexity index is 556. The first kappa shape index (κ1) is 16.2. The van der Waals surface area contributed by atoms with Crippen molar-refractivity contribution < 1.29 is 0 Å². The van der Waals surface area contributed by atoms with Crippen LogP contribution in [-0.4, -0.2) is 48.6 Å². The molecule has 1 N–H and O–H groups in total. The number of anilines is 2. The summed E-state index contributed by atoms with van der Waals surface area (Å²) in [5, 5.41) is 3.27. The zero-order chi connectivity index (χ0) is 15.8. The van der Waals surface area contributed by atoms with Crippen molar-refractivity contribution in [3.8, 4) is 0 Å². The van der Waals surface area contributed by atoms with Gasteiger partial charge >= 0.3 is 0 Å². The molecule has 0 radical (unpaired) electrons. The second-order valence-corrected chi connectivity index (χ2v) is 5.47. The van der Waals surface area contributed by atoms with Crippen molar-refractivity contribution in [2.75, 3.05) is 43.9 Å². The third-order valence-electron chi connectivity index (χ3n) is 3.40. The molecule has 0 aliphatic rings. The highest BCUT2D eigenvalue weighted by molar-refractivity contribution is 5.43. The molecule has 0 bridgehead atoms. The first-order valence-electron chi connectivity index (χ1n) is 7.69. The lowest BCUT2D eigenvalue weighted by molar-refractivity contribution is 0.425. The van der Waals surface area contributed by atoms with E-state index in [1.165, 1.54) is 5.56 Å². The van der Waals surface area contributed by atoms with E-state index in [1.54, 1.807) is 0 Å². The number of rotatable bonds is 8. The van der Waals surface area contributed by atoms with Crippen LogP contribution in [0.25, 0.3) is 0 Å². The minimum absolute atomic E-state index is 0.686. The van der Waals surface area contributed by atoms with E-state index in [9.17, 15) is 0 Å². The predicted molar refractivity (Wildman–Crippen MR) is 92.2 cm³/mol. The number of hydrogen-bond acceptors (Lipinski definition) is 5. The minimum Gasteiger partial charge on any atom is -0.353 e. The van der Waals surface area contributed by atoms with Crippen molar-refractivity contribution in [3.05, 3.63) is 48.2 Å². The maximum absolute atomic E-state index is 4.62. The molecule has 0 fully saturated rings. The molecule has 0 atom stereocenters. The first-order chi connectivity index (χ1) is 10.7. The monoisotopic (exact) mass is 299 g/mol. The lowest BCUT2D eigenvalue weighted by atomic mass is 10.2. The maximum atomic E-state index is 4.62. The average molecular weight is 299 g/mol. The third-order valence-corrected chi connectivity index (χ3v) is 3.40. The number of aromatic nitrogens is 2. The molecule has 0 unspecified atom stereocenters. The summed E-state index contributed by atoms with van der Waals surface area (Å²) < 4.78 is 0.